The normalized spacial score (nSPS) is 17.3. The molecule has 3 aromatic carbocycles. The first-order valence-corrected chi connectivity index (χ1v) is 13.5. The van der Waals surface area contributed by atoms with Gasteiger partial charge in [-0.2, -0.15) is 8.78 Å². The van der Waals surface area contributed by atoms with Gasteiger partial charge in [0.2, 0.25) is 5.91 Å². The van der Waals surface area contributed by atoms with E-state index in [2.05, 4.69) is 5.32 Å². The zero-order valence-electron chi connectivity index (χ0n) is 20.6. The van der Waals surface area contributed by atoms with Gasteiger partial charge in [-0.25, -0.2) is 8.78 Å². The van der Waals surface area contributed by atoms with E-state index in [4.69, 9.17) is 58.0 Å². The van der Waals surface area contributed by atoms with Crippen LogP contribution in [0.25, 0.3) is 0 Å². The van der Waals surface area contributed by atoms with Gasteiger partial charge in [-0.05, 0) is 53.6 Å². The minimum absolute atomic E-state index is 0.0392. The van der Waals surface area contributed by atoms with Crippen molar-refractivity contribution in [2.24, 2.45) is 5.92 Å². The predicted octanol–water partition coefficient (Wildman–Crippen LogP) is 8.10. The van der Waals surface area contributed by atoms with Crippen molar-refractivity contribution >= 4 is 87.0 Å². The molecule has 1 aliphatic carbocycles. The van der Waals surface area contributed by atoms with Crippen LogP contribution in [0.1, 0.15) is 27.4 Å². The molecule has 0 saturated heterocycles. The van der Waals surface area contributed by atoms with E-state index in [0.29, 0.717) is 15.6 Å². The molecule has 0 unspecified atom stereocenters. The Labute approximate surface area is 256 Å². The van der Waals surface area contributed by atoms with Crippen LogP contribution in [-0.4, -0.2) is 35.4 Å². The maximum Gasteiger partial charge on any atom is 0.316 e. The third kappa shape index (κ3) is 6.44. The number of amides is 2. The molecule has 2 amide bonds. The van der Waals surface area contributed by atoms with Crippen LogP contribution in [0.2, 0.25) is 15.1 Å². The van der Waals surface area contributed by atoms with Crippen molar-refractivity contribution in [2.45, 2.75) is 23.1 Å². The number of hydrogen-bond acceptors (Lipinski definition) is 3. The van der Waals surface area contributed by atoms with Crippen molar-refractivity contribution in [3.05, 3.63) is 91.9 Å². The summed E-state index contributed by atoms with van der Waals surface area (Å²) in [4.78, 5) is 37.8. The number of halogens is 9. The Morgan fingerprint density at radius 3 is 2.22 bits per heavy atom. The Bertz CT molecular complexity index is 1550. The minimum atomic E-state index is -3.50. The summed E-state index contributed by atoms with van der Waals surface area (Å²) in [6.45, 7) is 0. The van der Waals surface area contributed by atoms with E-state index in [-0.39, 0.29) is 26.7 Å². The monoisotopic (exact) mass is 668 g/mol. The van der Waals surface area contributed by atoms with Crippen molar-refractivity contribution < 1.29 is 31.9 Å². The van der Waals surface area contributed by atoms with Gasteiger partial charge >= 0.3 is 6.43 Å². The van der Waals surface area contributed by atoms with Crippen LogP contribution < -0.4 is 10.2 Å². The van der Waals surface area contributed by atoms with Crippen molar-refractivity contribution in [1.29, 1.82) is 0 Å². The molecule has 4 rings (SSSR count). The molecular weight excluding hydrogens is 654 g/mol. The number of hydrogen-bond donors (Lipinski definition) is 1. The number of Topliss-reactive ketones (excluding diaryl/α,β-unsaturated/α-hetero) is 1. The summed E-state index contributed by atoms with van der Waals surface area (Å²) in [5.74, 6) is -7.30. The third-order valence-corrected chi connectivity index (χ3v) is 8.17. The Morgan fingerprint density at radius 2 is 1.61 bits per heavy atom. The Kier molecular flexibility index (Phi) is 9.16. The molecule has 3 aromatic rings. The third-order valence-electron chi connectivity index (χ3n) is 6.46. The van der Waals surface area contributed by atoms with Gasteiger partial charge in [0.05, 0.1) is 10.9 Å². The molecule has 0 heterocycles. The molecule has 1 N–H and O–H groups in total. The molecule has 216 valence electrons. The average molecular weight is 671 g/mol. The van der Waals surface area contributed by atoms with Crippen LogP contribution in [0, 0.1) is 17.6 Å². The number of carbonyl (C=O) groups excluding carboxylic acids is 3. The number of alkyl halides is 4. The van der Waals surface area contributed by atoms with Gasteiger partial charge in [-0.15, -0.1) is 23.2 Å². The van der Waals surface area contributed by atoms with Crippen LogP contribution in [0.4, 0.5) is 28.9 Å². The summed E-state index contributed by atoms with van der Waals surface area (Å²) in [7, 11) is 0.784. The molecule has 2 atom stereocenters. The van der Waals surface area contributed by atoms with Crippen molar-refractivity contribution in [3.63, 3.8) is 0 Å². The zero-order chi connectivity index (χ0) is 30.4. The van der Waals surface area contributed by atoms with E-state index < -0.39 is 63.9 Å². The first-order valence-electron chi connectivity index (χ1n) is 11.6. The van der Waals surface area contributed by atoms with E-state index in [1.807, 2.05) is 0 Å². The van der Waals surface area contributed by atoms with E-state index in [1.54, 1.807) is 12.1 Å². The van der Waals surface area contributed by atoms with Crippen molar-refractivity contribution in [2.75, 3.05) is 17.3 Å². The van der Waals surface area contributed by atoms with Crippen LogP contribution in [-0.2, 0) is 16.0 Å². The van der Waals surface area contributed by atoms with Gasteiger partial charge in [0.15, 0.2) is 11.6 Å². The largest absolute Gasteiger partial charge is 0.326 e. The summed E-state index contributed by atoms with van der Waals surface area (Å²) in [6, 6.07) is 10.4. The molecule has 0 bridgehead atoms. The lowest BCUT2D eigenvalue weighted by Gasteiger charge is -2.19. The van der Waals surface area contributed by atoms with Gasteiger partial charge in [-0.3, -0.25) is 14.4 Å². The maximum atomic E-state index is 15.1. The molecule has 41 heavy (non-hydrogen) atoms. The Balaban J connectivity index is 1.54. The average Bonchev–Trinajstić information content (AvgIpc) is 3.47. The molecule has 1 fully saturated rings. The highest BCUT2D eigenvalue weighted by Gasteiger charge is 2.67. The molecule has 1 saturated carbocycles. The highest BCUT2D eigenvalue weighted by Crippen LogP contribution is 2.65. The van der Waals surface area contributed by atoms with E-state index >= 15 is 4.39 Å². The molecule has 0 aromatic heterocycles. The molecule has 14 heteroatoms. The molecule has 1 aliphatic rings. The number of ketones is 1. The number of rotatable bonds is 8. The predicted molar refractivity (Wildman–Crippen MR) is 151 cm³/mol. The first kappa shape index (κ1) is 31.4. The fourth-order valence-corrected chi connectivity index (χ4v) is 6.00. The maximum absolute atomic E-state index is 15.1. The smallest absolute Gasteiger partial charge is 0.316 e. The number of nitrogens with zero attached hydrogens (tertiary/aromatic N) is 1. The van der Waals surface area contributed by atoms with Crippen LogP contribution in [0.15, 0.2) is 48.5 Å². The van der Waals surface area contributed by atoms with Gasteiger partial charge < -0.3 is 10.2 Å². The first-order chi connectivity index (χ1) is 19.1. The highest BCUT2D eigenvalue weighted by molar-refractivity contribution is 6.53. The summed E-state index contributed by atoms with van der Waals surface area (Å²) in [5.41, 5.74) is -0.826. The fraction of sp³-hybridized carbons (Fsp3) is 0.222. The molecule has 5 nitrogen and oxygen atoms in total. The lowest BCUT2D eigenvalue weighted by atomic mass is 10.0. The van der Waals surface area contributed by atoms with Crippen LogP contribution in [0.3, 0.4) is 0 Å². The van der Waals surface area contributed by atoms with E-state index in [9.17, 15) is 27.6 Å². The number of benzene rings is 3. The van der Waals surface area contributed by atoms with Crippen molar-refractivity contribution in [3.8, 4) is 0 Å². The molecule has 0 radical (unpaired) electrons. The van der Waals surface area contributed by atoms with Gasteiger partial charge in [0.25, 0.3) is 5.91 Å². The number of anilines is 2. The second-order valence-electron chi connectivity index (χ2n) is 9.18. The standard InChI is InChI=1S/C27H17Cl5F4N2O3/c1-38(26(41)24(35)36)23-18(33)5-2-11(22(23)34)8-19(39)16-10-15(3-4-17(16)30)37-25(40)21-20(27(21,31)32)12-6-13(28)9-14(29)7-12/h2-7,9-10,20-21,24H,8H2,1H3,(H,37,40)/t20-,21+/m0/s1. The summed E-state index contributed by atoms with van der Waals surface area (Å²) in [5, 5.41) is 3.25. The van der Waals surface area contributed by atoms with E-state index in [0.717, 1.165) is 19.2 Å². The topological polar surface area (TPSA) is 66.5 Å². The second-order valence-corrected chi connectivity index (χ2v) is 11.9. The van der Waals surface area contributed by atoms with E-state index in [1.165, 1.54) is 24.3 Å². The highest BCUT2D eigenvalue weighted by atomic mass is 35.5. The van der Waals surface area contributed by atoms with Gasteiger partial charge in [0, 0.05) is 40.7 Å². The Morgan fingerprint density at radius 1 is 0.976 bits per heavy atom. The second kappa shape index (κ2) is 12.0. The summed E-state index contributed by atoms with van der Waals surface area (Å²) in [6.07, 6.45) is -4.17. The van der Waals surface area contributed by atoms with Crippen LogP contribution >= 0.6 is 58.0 Å². The molecule has 0 spiro atoms. The fourth-order valence-electron chi connectivity index (χ4n) is 4.41. The lowest BCUT2D eigenvalue weighted by Crippen LogP contribution is -2.33. The van der Waals surface area contributed by atoms with Crippen LogP contribution in [0.5, 0.6) is 0 Å². The number of nitrogens with one attached hydrogen (secondary N) is 1. The SMILES string of the molecule is CN(C(=O)C(F)F)c1c(F)ccc(CC(=O)c2cc(NC(=O)[C@H]3[C@H](c4cc(Cl)cc(Cl)c4)C3(Cl)Cl)ccc2Cl)c1F. The minimum Gasteiger partial charge on any atom is -0.326 e. The number of carbonyl (C=O) groups is 3. The van der Waals surface area contributed by atoms with Gasteiger partial charge in [0.1, 0.15) is 15.8 Å². The van der Waals surface area contributed by atoms with Gasteiger partial charge in [-0.1, -0.05) is 40.9 Å². The van der Waals surface area contributed by atoms with Crippen molar-refractivity contribution in [1.82, 2.24) is 0 Å². The summed E-state index contributed by atoms with van der Waals surface area (Å²) < 4.78 is 53.5. The Hall–Kier alpha value is -2.56. The molecule has 0 aliphatic heterocycles. The summed E-state index contributed by atoms with van der Waals surface area (Å²) >= 11 is 31.1. The zero-order valence-corrected chi connectivity index (χ0v) is 24.4. The quantitative estimate of drug-likeness (QED) is 0.150. The lowest BCUT2D eigenvalue weighted by molar-refractivity contribution is -0.128. The molecular formula is C27H17Cl5F4N2O3.